The molecule has 0 aliphatic heterocycles. The molecule has 2 N–H and O–H groups in total. The van der Waals surface area contributed by atoms with Gasteiger partial charge in [0.05, 0.1) is 5.69 Å². The van der Waals surface area contributed by atoms with Crippen molar-refractivity contribution >= 4 is 11.8 Å². The van der Waals surface area contributed by atoms with Crippen LogP contribution in [-0.2, 0) is 0 Å². The summed E-state index contributed by atoms with van der Waals surface area (Å²) in [6, 6.07) is 2.95. The fraction of sp³-hybridized carbons (Fsp3) is 0.333. The number of nitrogens with one attached hydrogen (secondary N) is 1. The second-order valence-electron chi connectivity index (χ2n) is 3.23. The van der Waals surface area contributed by atoms with Gasteiger partial charge in [-0.15, -0.1) is 0 Å². The minimum Gasteiger partial charge on any atom is -0.477 e. The monoisotopic (exact) mass is 179 g/mol. The predicted octanol–water partition coefficient (Wildman–Crippen LogP) is 1.31. The van der Waals surface area contributed by atoms with Crippen LogP contribution in [0.4, 0.5) is 0 Å². The van der Waals surface area contributed by atoms with Crippen molar-refractivity contribution in [2.45, 2.75) is 12.8 Å². The number of rotatable bonds is 3. The maximum absolute atomic E-state index is 11.4. The van der Waals surface area contributed by atoms with E-state index in [0.29, 0.717) is 5.69 Å². The zero-order chi connectivity index (χ0) is 9.42. The molecule has 0 spiro atoms. The molecule has 1 aromatic heterocycles. The van der Waals surface area contributed by atoms with Gasteiger partial charge in [-0.25, -0.2) is 4.79 Å². The summed E-state index contributed by atoms with van der Waals surface area (Å²) in [7, 11) is 0. The quantitative estimate of drug-likeness (QED) is 0.687. The predicted molar refractivity (Wildman–Crippen MR) is 44.8 cm³/mol. The van der Waals surface area contributed by atoms with Gasteiger partial charge in [-0.2, -0.15) is 0 Å². The fourth-order valence-corrected chi connectivity index (χ4v) is 1.23. The van der Waals surface area contributed by atoms with Crippen molar-refractivity contribution in [1.82, 2.24) is 4.98 Å². The smallest absolute Gasteiger partial charge is 0.352 e. The molecule has 2 rings (SSSR count). The Morgan fingerprint density at radius 2 is 1.92 bits per heavy atom. The second kappa shape index (κ2) is 2.73. The van der Waals surface area contributed by atoms with Crippen molar-refractivity contribution in [2.75, 3.05) is 0 Å². The van der Waals surface area contributed by atoms with E-state index in [1.165, 1.54) is 12.1 Å². The molecule has 1 fully saturated rings. The van der Waals surface area contributed by atoms with Crippen LogP contribution in [0, 0.1) is 5.92 Å². The Morgan fingerprint density at radius 3 is 2.38 bits per heavy atom. The van der Waals surface area contributed by atoms with Crippen molar-refractivity contribution in [2.24, 2.45) is 5.92 Å². The van der Waals surface area contributed by atoms with Gasteiger partial charge in [-0.05, 0) is 25.0 Å². The minimum atomic E-state index is -1.03. The molecule has 1 heterocycles. The minimum absolute atomic E-state index is 0.0347. The molecular formula is C9H9NO3. The summed E-state index contributed by atoms with van der Waals surface area (Å²) in [6.07, 6.45) is 1.86. The van der Waals surface area contributed by atoms with Crippen LogP contribution >= 0.6 is 0 Å². The summed E-state index contributed by atoms with van der Waals surface area (Å²) >= 11 is 0. The lowest BCUT2D eigenvalue weighted by Gasteiger charge is -1.92. The van der Waals surface area contributed by atoms with E-state index in [1.54, 1.807) is 0 Å². The first-order chi connectivity index (χ1) is 6.18. The Labute approximate surface area is 74.6 Å². The number of hydrogen-bond acceptors (Lipinski definition) is 2. The number of carboxylic acid groups (broad SMARTS) is 1. The lowest BCUT2D eigenvalue weighted by atomic mass is 10.2. The third-order valence-electron chi connectivity index (χ3n) is 2.13. The molecular weight excluding hydrogens is 170 g/mol. The van der Waals surface area contributed by atoms with Crippen LogP contribution in [0.25, 0.3) is 0 Å². The topological polar surface area (TPSA) is 70.2 Å². The van der Waals surface area contributed by atoms with E-state index < -0.39 is 5.97 Å². The van der Waals surface area contributed by atoms with Crippen molar-refractivity contribution in [3.8, 4) is 0 Å². The van der Waals surface area contributed by atoms with E-state index >= 15 is 0 Å². The first-order valence-corrected chi connectivity index (χ1v) is 4.15. The van der Waals surface area contributed by atoms with Gasteiger partial charge >= 0.3 is 5.97 Å². The second-order valence-corrected chi connectivity index (χ2v) is 3.23. The average Bonchev–Trinajstić information content (AvgIpc) is 2.81. The fourth-order valence-electron chi connectivity index (χ4n) is 1.23. The van der Waals surface area contributed by atoms with Crippen LogP contribution in [0.3, 0.4) is 0 Å². The number of carboxylic acids is 1. The van der Waals surface area contributed by atoms with Crippen LogP contribution in [0.15, 0.2) is 12.1 Å². The number of aromatic amines is 1. The van der Waals surface area contributed by atoms with Gasteiger partial charge in [-0.1, -0.05) is 0 Å². The van der Waals surface area contributed by atoms with Gasteiger partial charge in [0.25, 0.3) is 0 Å². The summed E-state index contributed by atoms with van der Waals surface area (Å²) in [5, 5.41) is 8.59. The molecule has 1 aliphatic carbocycles. The van der Waals surface area contributed by atoms with E-state index in [0.717, 1.165) is 12.8 Å². The van der Waals surface area contributed by atoms with Crippen molar-refractivity contribution in [1.29, 1.82) is 0 Å². The molecule has 0 amide bonds. The molecule has 0 aromatic carbocycles. The highest BCUT2D eigenvalue weighted by Gasteiger charge is 2.31. The molecule has 0 radical (unpaired) electrons. The summed E-state index contributed by atoms with van der Waals surface area (Å²) in [5.74, 6) is -0.873. The van der Waals surface area contributed by atoms with Gasteiger partial charge in [0.2, 0.25) is 0 Å². The first kappa shape index (κ1) is 8.04. The number of carbonyl (C=O) groups excluding carboxylic acids is 1. The van der Waals surface area contributed by atoms with Gasteiger partial charge < -0.3 is 10.1 Å². The van der Waals surface area contributed by atoms with E-state index in [2.05, 4.69) is 4.98 Å². The van der Waals surface area contributed by atoms with Crippen LogP contribution in [-0.4, -0.2) is 21.8 Å². The van der Waals surface area contributed by atoms with Crippen LogP contribution in [0.2, 0.25) is 0 Å². The van der Waals surface area contributed by atoms with E-state index in [-0.39, 0.29) is 17.4 Å². The van der Waals surface area contributed by atoms with Gasteiger partial charge in [-0.3, -0.25) is 4.79 Å². The molecule has 4 heteroatoms. The highest BCUT2D eigenvalue weighted by atomic mass is 16.4. The summed E-state index contributed by atoms with van der Waals surface area (Å²) < 4.78 is 0. The summed E-state index contributed by atoms with van der Waals surface area (Å²) in [5.41, 5.74) is 0.490. The number of H-pyrrole nitrogens is 1. The zero-order valence-electron chi connectivity index (χ0n) is 6.91. The maximum Gasteiger partial charge on any atom is 0.352 e. The molecule has 68 valence electrons. The standard InChI is InChI=1S/C9H9NO3/c11-8(5-1-2-5)6-3-4-7(10-6)9(12)13/h3-5,10H,1-2H2,(H,12,13). The third kappa shape index (κ3) is 1.47. The Bertz CT molecular complexity index is 363. The number of hydrogen-bond donors (Lipinski definition) is 2. The average molecular weight is 179 g/mol. The normalized spacial score (nSPS) is 15.7. The van der Waals surface area contributed by atoms with E-state index in [9.17, 15) is 9.59 Å². The number of carbonyl (C=O) groups is 2. The Kier molecular flexibility index (Phi) is 1.69. The number of aromatic nitrogens is 1. The summed E-state index contributed by atoms with van der Waals surface area (Å²) in [6.45, 7) is 0. The Hall–Kier alpha value is -1.58. The number of ketones is 1. The number of aromatic carboxylic acids is 1. The first-order valence-electron chi connectivity index (χ1n) is 4.15. The highest BCUT2D eigenvalue weighted by molar-refractivity contribution is 5.99. The maximum atomic E-state index is 11.4. The molecule has 0 atom stereocenters. The van der Waals surface area contributed by atoms with Crippen molar-refractivity contribution in [3.05, 3.63) is 23.5 Å². The van der Waals surface area contributed by atoms with Crippen molar-refractivity contribution in [3.63, 3.8) is 0 Å². The van der Waals surface area contributed by atoms with E-state index in [4.69, 9.17) is 5.11 Å². The molecule has 0 saturated heterocycles. The van der Waals surface area contributed by atoms with Crippen LogP contribution < -0.4 is 0 Å². The molecule has 1 aromatic rings. The third-order valence-corrected chi connectivity index (χ3v) is 2.13. The lowest BCUT2D eigenvalue weighted by Crippen LogP contribution is -2.03. The van der Waals surface area contributed by atoms with Gasteiger partial charge in [0.15, 0.2) is 5.78 Å². The van der Waals surface area contributed by atoms with Gasteiger partial charge in [0, 0.05) is 5.92 Å². The van der Waals surface area contributed by atoms with Gasteiger partial charge in [0.1, 0.15) is 5.69 Å². The SMILES string of the molecule is O=C(O)c1ccc(C(=O)C2CC2)[nH]1. The Balaban J connectivity index is 2.21. The van der Waals surface area contributed by atoms with E-state index in [1.807, 2.05) is 0 Å². The highest BCUT2D eigenvalue weighted by Crippen LogP contribution is 2.32. The molecule has 0 bridgehead atoms. The molecule has 1 aliphatic rings. The zero-order valence-corrected chi connectivity index (χ0v) is 6.91. The Morgan fingerprint density at radius 1 is 1.31 bits per heavy atom. The largest absolute Gasteiger partial charge is 0.477 e. The lowest BCUT2D eigenvalue weighted by molar-refractivity contribution is 0.0691. The van der Waals surface area contributed by atoms with Crippen LogP contribution in [0.5, 0.6) is 0 Å². The molecule has 1 saturated carbocycles. The summed E-state index contributed by atoms with van der Waals surface area (Å²) in [4.78, 5) is 24.5. The van der Waals surface area contributed by atoms with Crippen LogP contribution in [0.1, 0.15) is 33.8 Å². The molecule has 13 heavy (non-hydrogen) atoms. The number of Topliss-reactive ketones (excluding diaryl/α,β-unsaturated/α-hetero) is 1. The molecule has 4 nitrogen and oxygen atoms in total. The van der Waals surface area contributed by atoms with Crippen molar-refractivity contribution < 1.29 is 14.7 Å². The molecule has 0 unspecified atom stereocenters.